The number of aromatic nitrogens is 2. The van der Waals surface area contributed by atoms with E-state index >= 15 is 0 Å². The van der Waals surface area contributed by atoms with Crippen molar-refractivity contribution in [3.8, 4) is 17.0 Å². The molecule has 24 heavy (non-hydrogen) atoms. The lowest BCUT2D eigenvalue weighted by Gasteiger charge is -2.10. The summed E-state index contributed by atoms with van der Waals surface area (Å²) in [6, 6.07) is 19.3. The van der Waals surface area contributed by atoms with Crippen LogP contribution in [0.4, 0.5) is 0 Å². The summed E-state index contributed by atoms with van der Waals surface area (Å²) in [6.07, 6.45) is 0. The summed E-state index contributed by atoms with van der Waals surface area (Å²) in [4.78, 5) is 24.4. The van der Waals surface area contributed by atoms with Gasteiger partial charge in [0.15, 0.2) is 5.78 Å². The Morgan fingerprint density at radius 1 is 1.00 bits per heavy atom. The highest BCUT2D eigenvalue weighted by atomic mass is 16.5. The highest BCUT2D eigenvalue weighted by molar-refractivity contribution is 5.95. The predicted octanol–water partition coefficient (Wildman–Crippen LogP) is 2.80. The van der Waals surface area contributed by atoms with E-state index in [9.17, 15) is 9.59 Å². The molecule has 120 valence electrons. The Kier molecular flexibility index (Phi) is 4.52. The van der Waals surface area contributed by atoms with Gasteiger partial charge in [-0.25, -0.2) is 4.68 Å². The molecule has 0 N–H and O–H groups in total. The maximum atomic E-state index is 12.3. The van der Waals surface area contributed by atoms with Crippen LogP contribution in [-0.4, -0.2) is 22.7 Å². The van der Waals surface area contributed by atoms with Gasteiger partial charge in [0.1, 0.15) is 12.3 Å². The van der Waals surface area contributed by atoms with Gasteiger partial charge in [-0.05, 0) is 18.2 Å². The van der Waals surface area contributed by atoms with E-state index in [0.717, 1.165) is 5.56 Å². The lowest BCUT2D eigenvalue weighted by Crippen LogP contribution is -2.26. The molecular weight excluding hydrogens is 304 g/mol. The molecule has 0 aliphatic heterocycles. The molecule has 0 atom stereocenters. The average molecular weight is 320 g/mol. The second-order valence-corrected chi connectivity index (χ2v) is 5.20. The number of methoxy groups -OCH3 is 1. The standard InChI is InChI=1S/C19H16N2O3/c1-24-18-10-6-5-9-15(18)16-11-12-19(23)21(20-16)13-17(22)14-7-3-2-4-8-14/h2-12H,13H2,1H3. The second kappa shape index (κ2) is 6.91. The van der Waals surface area contributed by atoms with Crippen molar-refractivity contribution >= 4 is 5.78 Å². The Hall–Kier alpha value is -3.21. The minimum atomic E-state index is -0.321. The van der Waals surface area contributed by atoms with Crippen molar-refractivity contribution in [2.75, 3.05) is 7.11 Å². The third-order valence-electron chi connectivity index (χ3n) is 3.64. The Morgan fingerprint density at radius 2 is 1.71 bits per heavy atom. The van der Waals surface area contributed by atoms with E-state index in [1.165, 1.54) is 10.7 Å². The first-order chi connectivity index (χ1) is 11.7. The van der Waals surface area contributed by atoms with Gasteiger partial charge >= 0.3 is 0 Å². The summed E-state index contributed by atoms with van der Waals surface area (Å²) >= 11 is 0. The number of ketones is 1. The molecule has 0 radical (unpaired) electrons. The molecule has 0 saturated heterocycles. The number of carbonyl (C=O) groups excluding carboxylic acids is 1. The molecule has 3 aromatic rings. The second-order valence-electron chi connectivity index (χ2n) is 5.20. The third kappa shape index (κ3) is 3.25. The van der Waals surface area contributed by atoms with Gasteiger partial charge in [-0.3, -0.25) is 9.59 Å². The number of benzene rings is 2. The summed E-state index contributed by atoms with van der Waals surface area (Å²) in [5.41, 5.74) is 1.57. The smallest absolute Gasteiger partial charge is 0.267 e. The topological polar surface area (TPSA) is 61.2 Å². The van der Waals surface area contributed by atoms with Crippen molar-refractivity contribution in [2.24, 2.45) is 0 Å². The lowest BCUT2D eigenvalue weighted by atomic mass is 10.1. The highest BCUT2D eigenvalue weighted by Gasteiger charge is 2.11. The molecule has 5 heteroatoms. The molecule has 2 aromatic carbocycles. The number of rotatable bonds is 5. The van der Waals surface area contributed by atoms with Crippen LogP contribution in [0.25, 0.3) is 11.3 Å². The third-order valence-corrected chi connectivity index (χ3v) is 3.64. The van der Waals surface area contributed by atoms with Gasteiger partial charge in [-0.2, -0.15) is 5.10 Å². The van der Waals surface area contributed by atoms with E-state index in [1.54, 1.807) is 37.4 Å². The van der Waals surface area contributed by atoms with Crippen LogP contribution >= 0.6 is 0 Å². The maximum Gasteiger partial charge on any atom is 0.267 e. The highest BCUT2D eigenvalue weighted by Crippen LogP contribution is 2.27. The zero-order valence-corrected chi connectivity index (χ0v) is 13.2. The number of carbonyl (C=O) groups is 1. The van der Waals surface area contributed by atoms with Gasteiger partial charge in [0.05, 0.1) is 12.8 Å². The summed E-state index contributed by atoms with van der Waals surface area (Å²) < 4.78 is 6.50. The Bertz CT molecular complexity index is 917. The monoisotopic (exact) mass is 320 g/mol. The number of hydrogen-bond donors (Lipinski definition) is 0. The van der Waals surface area contributed by atoms with Crippen LogP contribution in [0.15, 0.2) is 71.5 Å². The Morgan fingerprint density at radius 3 is 2.46 bits per heavy atom. The fourth-order valence-electron chi connectivity index (χ4n) is 2.41. The van der Waals surface area contributed by atoms with E-state index in [2.05, 4.69) is 5.10 Å². The average Bonchev–Trinajstić information content (AvgIpc) is 2.64. The fraction of sp³-hybridized carbons (Fsp3) is 0.105. The first kappa shape index (κ1) is 15.7. The molecule has 0 saturated carbocycles. The van der Waals surface area contributed by atoms with Crippen LogP contribution in [0.1, 0.15) is 10.4 Å². The number of para-hydroxylation sites is 1. The number of hydrogen-bond acceptors (Lipinski definition) is 4. The Balaban J connectivity index is 1.95. The van der Waals surface area contributed by atoms with Gasteiger partial charge < -0.3 is 4.74 Å². The fourth-order valence-corrected chi connectivity index (χ4v) is 2.41. The first-order valence-electron chi connectivity index (χ1n) is 7.49. The van der Waals surface area contributed by atoms with Crippen molar-refractivity contribution in [2.45, 2.75) is 6.54 Å². The molecule has 0 amide bonds. The van der Waals surface area contributed by atoms with E-state index in [0.29, 0.717) is 17.0 Å². The molecule has 0 aliphatic rings. The molecular formula is C19H16N2O3. The summed E-state index contributed by atoms with van der Waals surface area (Å²) in [6.45, 7) is -0.105. The molecule has 1 heterocycles. The molecule has 0 fully saturated rings. The van der Waals surface area contributed by atoms with E-state index < -0.39 is 0 Å². The minimum Gasteiger partial charge on any atom is -0.496 e. The minimum absolute atomic E-state index is 0.105. The Labute approximate surface area is 139 Å². The first-order valence-corrected chi connectivity index (χ1v) is 7.49. The zero-order valence-electron chi connectivity index (χ0n) is 13.2. The molecule has 5 nitrogen and oxygen atoms in total. The van der Waals surface area contributed by atoms with Crippen LogP contribution in [0, 0.1) is 0 Å². The molecule has 0 aliphatic carbocycles. The SMILES string of the molecule is COc1ccccc1-c1ccc(=O)n(CC(=O)c2ccccc2)n1. The van der Waals surface area contributed by atoms with Crippen molar-refractivity contribution in [3.05, 3.63) is 82.6 Å². The van der Waals surface area contributed by atoms with E-state index in [-0.39, 0.29) is 17.9 Å². The summed E-state index contributed by atoms with van der Waals surface area (Å²) in [5.74, 6) is 0.493. The number of ether oxygens (including phenoxy) is 1. The van der Waals surface area contributed by atoms with Crippen molar-refractivity contribution < 1.29 is 9.53 Å². The quantitative estimate of drug-likeness (QED) is 0.678. The van der Waals surface area contributed by atoms with Crippen LogP contribution < -0.4 is 10.3 Å². The van der Waals surface area contributed by atoms with E-state index in [4.69, 9.17) is 4.74 Å². The molecule has 0 spiro atoms. The maximum absolute atomic E-state index is 12.3. The van der Waals surface area contributed by atoms with Gasteiger partial charge in [0, 0.05) is 17.2 Å². The summed E-state index contributed by atoms with van der Waals surface area (Å²) in [7, 11) is 1.58. The van der Waals surface area contributed by atoms with E-state index in [1.807, 2.05) is 30.3 Å². The number of nitrogens with zero attached hydrogens (tertiary/aromatic N) is 2. The van der Waals surface area contributed by atoms with Crippen LogP contribution in [0.2, 0.25) is 0 Å². The predicted molar refractivity (Wildman–Crippen MR) is 91.3 cm³/mol. The largest absolute Gasteiger partial charge is 0.496 e. The van der Waals surface area contributed by atoms with Crippen molar-refractivity contribution in [3.63, 3.8) is 0 Å². The van der Waals surface area contributed by atoms with Crippen LogP contribution in [0.3, 0.4) is 0 Å². The van der Waals surface area contributed by atoms with Gasteiger partial charge in [0.25, 0.3) is 5.56 Å². The summed E-state index contributed by atoms with van der Waals surface area (Å²) in [5, 5.41) is 4.32. The van der Waals surface area contributed by atoms with Crippen molar-refractivity contribution in [1.29, 1.82) is 0 Å². The normalized spacial score (nSPS) is 10.4. The molecule has 1 aromatic heterocycles. The number of Topliss-reactive ketones (excluding diaryl/α,β-unsaturated/α-hetero) is 1. The van der Waals surface area contributed by atoms with Gasteiger partial charge in [-0.1, -0.05) is 42.5 Å². The van der Waals surface area contributed by atoms with Gasteiger partial charge in [-0.15, -0.1) is 0 Å². The van der Waals surface area contributed by atoms with Crippen molar-refractivity contribution in [1.82, 2.24) is 9.78 Å². The van der Waals surface area contributed by atoms with Crippen LogP contribution in [-0.2, 0) is 6.54 Å². The van der Waals surface area contributed by atoms with Gasteiger partial charge in [0.2, 0.25) is 0 Å². The molecule has 0 unspecified atom stereocenters. The zero-order chi connectivity index (χ0) is 16.9. The van der Waals surface area contributed by atoms with Crippen LogP contribution in [0.5, 0.6) is 5.75 Å². The molecule has 3 rings (SSSR count). The lowest BCUT2D eigenvalue weighted by molar-refractivity contribution is 0.0966. The molecule has 0 bridgehead atoms.